The quantitative estimate of drug-likeness (QED) is 0.613. The van der Waals surface area contributed by atoms with E-state index in [-0.39, 0.29) is 6.10 Å². The van der Waals surface area contributed by atoms with E-state index in [1.165, 1.54) is 0 Å². The second kappa shape index (κ2) is 3.06. The van der Waals surface area contributed by atoms with Crippen LogP contribution in [0.5, 0.6) is 0 Å². The largest absolute Gasteiger partial charge is 0.376 e. The molecule has 2 heterocycles. The Morgan fingerprint density at radius 1 is 1.83 bits per heavy atom. The molecule has 0 spiro atoms. The van der Waals surface area contributed by atoms with E-state index < -0.39 is 0 Å². The topological polar surface area (TPSA) is 44.1 Å². The van der Waals surface area contributed by atoms with E-state index in [4.69, 9.17) is 4.74 Å². The molecule has 1 aliphatic heterocycles. The van der Waals surface area contributed by atoms with E-state index >= 15 is 0 Å². The first kappa shape index (κ1) is 7.49. The van der Waals surface area contributed by atoms with E-state index in [0.29, 0.717) is 5.69 Å². The van der Waals surface area contributed by atoms with Crippen LogP contribution in [-0.4, -0.2) is 28.5 Å². The minimum absolute atomic E-state index is 0.276. The molecular weight excluding hydrogens is 156 g/mol. The molecule has 12 heavy (non-hydrogen) atoms. The summed E-state index contributed by atoms with van der Waals surface area (Å²) in [6, 6.07) is 0. The third kappa shape index (κ3) is 1.25. The molecule has 0 radical (unpaired) electrons. The summed E-state index contributed by atoms with van der Waals surface area (Å²) in [6.45, 7) is 1.59. The van der Waals surface area contributed by atoms with Gasteiger partial charge in [-0.2, -0.15) is 0 Å². The van der Waals surface area contributed by atoms with Crippen molar-refractivity contribution in [1.82, 2.24) is 9.55 Å². The van der Waals surface area contributed by atoms with Crippen LogP contribution in [0, 0.1) is 0 Å². The van der Waals surface area contributed by atoms with Crippen molar-refractivity contribution in [2.75, 3.05) is 6.61 Å². The molecule has 0 saturated carbocycles. The van der Waals surface area contributed by atoms with E-state index in [2.05, 4.69) is 4.98 Å². The van der Waals surface area contributed by atoms with Crippen molar-refractivity contribution in [1.29, 1.82) is 0 Å². The molecule has 0 bridgehead atoms. The van der Waals surface area contributed by atoms with Gasteiger partial charge in [0, 0.05) is 6.61 Å². The summed E-state index contributed by atoms with van der Waals surface area (Å²) < 4.78 is 7.06. The standard InChI is InChI=1S/C8H10N2O2/c11-5-7-3-9-6-10(7)4-8-1-2-12-8/h3,5-6,8H,1-2,4H2/t8-/m0/s1. The lowest BCUT2D eigenvalue weighted by molar-refractivity contribution is -0.0593. The second-order valence-electron chi connectivity index (χ2n) is 2.87. The summed E-state index contributed by atoms with van der Waals surface area (Å²) in [5, 5.41) is 0. The Morgan fingerprint density at radius 2 is 2.67 bits per heavy atom. The van der Waals surface area contributed by atoms with Crippen molar-refractivity contribution in [3.63, 3.8) is 0 Å². The molecule has 1 fully saturated rings. The highest BCUT2D eigenvalue weighted by Gasteiger charge is 2.19. The van der Waals surface area contributed by atoms with Gasteiger partial charge in [-0.15, -0.1) is 0 Å². The van der Waals surface area contributed by atoms with Gasteiger partial charge in [-0.3, -0.25) is 4.79 Å². The molecule has 0 aliphatic carbocycles. The van der Waals surface area contributed by atoms with Gasteiger partial charge in [-0.05, 0) is 6.42 Å². The lowest BCUT2D eigenvalue weighted by Gasteiger charge is -2.26. The van der Waals surface area contributed by atoms with E-state index in [9.17, 15) is 4.79 Å². The van der Waals surface area contributed by atoms with Gasteiger partial charge < -0.3 is 9.30 Å². The smallest absolute Gasteiger partial charge is 0.168 e. The summed E-state index contributed by atoms with van der Waals surface area (Å²) in [6.07, 6.45) is 5.39. The Labute approximate surface area is 70.2 Å². The number of ether oxygens (including phenoxy) is 1. The number of carbonyl (C=O) groups excluding carboxylic acids is 1. The maximum atomic E-state index is 10.5. The normalized spacial score (nSPS) is 21.8. The molecule has 1 aromatic rings. The zero-order valence-corrected chi connectivity index (χ0v) is 6.64. The zero-order valence-electron chi connectivity index (χ0n) is 6.64. The predicted molar refractivity (Wildman–Crippen MR) is 42.0 cm³/mol. The van der Waals surface area contributed by atoms with Crippen molar-refractivity contribution >= 4 is 6.29 Å². The lowest BCUT2D eigenvalue weighted by atomic mass is 10.2. The Balaban J connectivity index is 2.05. The van der Waals surface area contributed by atoms with Crippen molar-refractivity contribution < 1.29 is 9.53 Å². The monoisotopic (exact) mass is 166 g/mol. The van der Waals surface area contributed by atoms with Gasteiger partial charge >= 0.3 is 0 Å². The number of hydrogen-bond donors (Lipinski definition) is 0. The maximum Gasteiger partial charge on any atom is 0.168 e. The van der Waals surface area contributed by atoms with Crippen LogP contribution in [-0.2, 0) is 11.3 Å². The second-order valence-corrected chi connectivity index (χ2v) is 2.87. The first-order valence-corrected chi connectivity index (χ1v) is 3.97. The van der Waals surface area contributed by atoms with Crippen molar-refractivity contribution in [2.45, 2.75) is 19.1 Å². The van der Waals surface area contributed by atoms with Gasteiger partial charge in [0.05, 0.1) is 25.2 Å². The van der Waals surface area contributed by atoms with Crippen molar-refractivity contribution in [3.8, 4) is 0 Å². The molecule has 1 aromatic heterocycles. The Bertz CT molecular complexity index is 278. The summed E-state index contributed by atoms with van der Waals surface area (Å²) in [5.74, 6) is 0. The fourth-order valence-corrected chi connectivity index (χ4v) is 1.23. The first-order chi connectivity index (χ1) is 5.90. The lowest BCUT2D eigenvalue weighted by Crippen LogP contribution is -2.31. The number of nitrogens with zero attached hydrogens (tertiary/aromatic N) is 2. The fraction of sp³-hybridized carbons (Fsp3) is 0.500. The summed E-state index contributed by atoms with van der Waals surface area (Å²) >= 11 is 0. The molecule has 4 nitrogen and oxygen atoms in total. The molecule has 1 saturated heterocycles. The molecule has 0 N–H and O–H groups in total. The third-order valence-electron chi connectivity index (χ3n) is 2.06. The number of rotatable bonds is 3. The minimum Gasteiger partial charge on any atom is -0.376 e. The molecule has 0 aromatic carbocycles. The molecule has 0 unspecified atom stereocenters. The van der Waals surface area contributed by atoms with Crippen LogP contribution < -0.4 is 0 Å². The van der Waals surface area contributed by atoms with Crippen LogP contribution in [0.4, 0.5) is 0 Å². The Kier molecular flexibility index (Phi) is 1.91. The van der Waals surface area contributed by atoms with Gasteiger partial charge in [-0.25, -0.2) is 4.98 Å². The average molecular weight is 166 g/mol. The number of imidazole rings is 1. The molecule has 64 valence electrons. The molecular formula is C8H10N2O2. The molecule has 2 rings (SSSR count). The zero-order chi connectivity index (χ0) is 8.39. The van der Waals surface area contributed by atoms with E-state index in [1.54, 1.807) is 12.5 Å². The minimum atomic E-state index is 0.276. The van der Waals surface area contributed by atoms with Crippen LogP contribution in [0.2, 0.25) is 0 Å². The van der Waals surface area contributed by atoms with Crippen LogP contribution in [0.1, 0.15) is 16.9 Å². The first-order valence-electron chi connectivity index (χ1n) is 3.97. The number of aldehydes is 1. The van der Waals surface area contributed by atoms with Gasteiger partial charge in [0.1, 0.15) is 5.69 Å². The van der Waals surface area contributed by atoms with Crippen LogP contribution >= 0.6 is 0 Å². The highest BCUT2D eigenvalue weighted by molar-refractivity contribution is 5.71. The van der Waals surface area contributed by atoms with Crippen LogP contribution in [0.25, 0.3) is 0 Å². The van der Waals surface area contributed by atoms with Gasteiger partial charge in [0.15, 0.2) is 6.29 Å². The SMILES string of the molecule is O=Cc1cncn1C[C@@H]1CCO1. The third-order valence-corrected chi connectivity index (χ3v) is 2.06. The maximum absolute atomic E-state index is 10.5. The molecule has 1 atom stereocenters. The molecule has 4 heteroatoms. The van der Waals surface area contributed by atoms with E-state index in [0.717, 1.165) is 25.9 Å². The van der Waals surface area contributed by atoms with Gasteiger partial charge in [0.2, 0.25) is 0 Å². The van der Waals surface area contributed by atoms with Crippen LogP contribution in [0.15, 0.2) is 12.5 Å². The van der Waals surface area contributed by atoms with Crippen molar-refractivity contribution in [3.05, 3.63) is 18.2 Å². The number of aromatic nitrogens is 2. The van der Waals surface area contributed by atoms with Crippen molar-refractivity contribution in [2.24, 2.45) is 0 Å². The predicted octanol–water partition coefficient (Wildman–Crippen LogP) is 0.484. The highest BCUT2D eigenvalue weighted by atomic mass is 16.5. The van der Waals surface area contributed by atoms with Gasteiger partial charge in [0.25, 0.3) is 0 Å². The molecule has 1 aliphatic rings. The number of carbonyl (C=O) groups is 1. The van der Waals surface area contributed by atoms with E-state index in [1.807, 2.05) is 4.57 Å². The summed E-state index contributed by atoms with van der Waals surface area (Å²) in [4.78, 5) is 14.4. The Morgan fingerprint density at radius 3 is 3.25 bits per heavy atom. The number of hydrogen-bond acceptors (Lipinski definition) is 3. The molecule has 0 amide bonds. The van der Waals surface area contributed by atoms with Gasteiger partial charge in [-0.1, -0.05) is 0 Å². The Hall–Kier alpha value is -1.16. The summed E-state index contributed by atoms with van der Waals surface area (Å²) in [7, 11) is 0. The highest BCUT2D eigenvalue weighted by Crippen LogP contribution is 2.13. The fourth-order valence-electron chi connectivity index (χ4n) is 1.23. The summed E-state index contributed by atoms with van der Waals surface area (Å²) in [5.41, 5.74) is 0.616. The van der Waals surface area contributed by atoms with Crippen LogP contribution in [0.3, 0.4) is 0 Å². The average Bonchev–Trinajstić information content (AvgIpc) is 2.43.